The molecule has 0 aromatic heterocycles. The summed E-state index contributed by atoms with van der Waals surface area (Å²) < 4.78 is 10.3. The van der Waals surface area contributed by atoms with E-state index in [2.05, 4.69) is 5.32 Å². The first-order valence-corrected chi connectivity index (χ1v) is 6.79. The number of benzene rings is 2. The summed E-state index contributed by atoms with van der Waals surface area (Å²) in [7, 11) is 3.02. The van der Waals surface area contributed by atoms with E-state index in [0.717, 1.165) is 0 Å². The highest BCUT2D eigenvalue weighted by molar-refractivity contribution is 6.36. The molecular formula is C15H13Cl2NO3. The number of nitrogens with one attached hydrogen (secondary N) is 1. The molecule has 1 N–H and O–H groups in total. The third-order valence-corrected chi connectivity index (χ3v) is 3.48. The molecule has 2 aromatic rings. The van der Waals surface area contributed by atoms with E-state index in [9.17, 15) is 4.79 Å². The summed E-state index contributed by atoms with van der Waals surface area (Å²) in [5.74, 6) is 0.601. The van der Waals surface area contributed by atoms with Gasteiger partial charge >= 0.3 is 0 Å². The minimum atomic E-state index is -0.352. The minimum Gasteiger partial charge on any atom is -0.493 e. The van der Waals surface area contributed by atoms with Crippen molar-refractivity contribution in [2.24, 2.45) is 0 Å². The molecule has 21 heavy (non-hydrogen) atoms. The van der Waals surface area contributed by atoms with Gasteiger partial charge in [0.2, 0.25) is 0 Å². The lowest BCUT2D eigenvalue weighted by atomic mass is 10.2. The normalized spacial score (nSPS) is 10.1. The van der Waals surface area contributed by atoms with E-state index in [1.807, 2.05) is 0 Å². The molecule has 0 aliphatic heterocycles. The molecule has 0 spiro atoms. The van der Waals surface area contributed by atoms with Gasteiger partial charge in [0.15, 0.2) is 11.5 Å². The van der Waals surface area contributed by atoms with Crippen molar-refractivity contribution >= 4 is 34.8 Å². The number of carbonyl (C=O) groups is 1. The highest BCUT2D eigenvalue weighted by Crippen LogP contribution is 2.36. The first-order valence-electron chi connectivity index (χ1n) is 6.04. The maximum Gasteiger partial charge on any atom is 0.257 e. The Labute approximate surface area is 132 Å². The molecule has 0 aliphatic carbocycles. The summed E-state index contributed by atoms with van der Waals surface area (Å²) >= 11 is 12.1. The maximum absolute atomic E-state index is 12.2. The van der Waals surface area contributed by atoms with Gasteiger partial charge in [-0.3, -0.25) is 4.79 Å². The zero-order chi connectivity index (χ0) is 15.4. The fraction of sp³-hybridized carbons (Fsp3) is 0.133. The number of methoxy groups -OCH3 is 2. The van der Waals surface area contributed by atoms with E-state index >= 15 is 0 Å². The van der Waals surface area contributed by atoms with Crippen LogP contribution in [0.3, 0.4) is 0 Å². The molecule has 0 saturated heterocycles. The van der Waals surface area contributed by atoms with Crippen LogP contribution in [0, 0.1) is 0 Å². The Hall–Kier alpha value is -1.91. The Kier molecular flexibility index (Phi) is 4.94. The molecule has 0 fully saturated rings. The number of halogens is 2. The van der Waals surface area contributed by atoms with Crippen LogP contribution in [0.15, 0.2) is 36.4 Å². The van der Waals surface area contributed by atoms with Gasteiger partial charge in [-0.15, -0.1) is 0 Å². The van der Waals surface area contributed by atoms with Crippen molar-refractivity contribution in [3.8, 4) is 11.5 Å². The molecule has 0 unspecified atom stereocenters. The molecule has 0 bridgehead atoms. The molecular weight excluding hydrogens is 313 g/mol. The molecule has 0 saturated carbocycles. The van der Waals surface area contributed by atoms with Crippen molar-refractivity contribution in [2.45, 2.75) is 0 Å². The second-order valence-corrected chi connectivity index (χ2v) is 4.94. The van der Waals surface area contributed by atoms with Crippen LogP contribution in [-0.4, -0.2) is 20.1 Å². The fourth-order valence-corrected chi connectivity index (χ4v) is 2.21. The molecule has 6 heteroatoms. The third-order valence-electron chi connectivity index (χ3n) is 2.84. The Bertz CT molecular complexity index is 674. The number of rotatable bonds is 4. The van der Waals surface area contributed by atoms with E-state index in [1.165, 1.54) is 14.2 Å². The van der Waals surface area contributed by atoms with Crippen molar-refractivity contribution in [3.63, 3.8) is 0 Å². The van der Waals surface area contributed by atoms with Crippen LogP contribution in [0.2, 0.25) is 10.0 Å². The standard InChI is InChI=1S/C15H13Cl2NO3/c1-20-13-7-11(17)12(8-14(13)21-2)18-15(19)9-5-3-4-6-10(9)16/h3-8H,1-2H3,(H,18,19). The number of amides is 1. The van der Waals surface area contributed by atoms with Gasteiger partial charge in [0.25, 0.3) is 5.91 Å². The second-order valence-electron chi connectivity index (χ2n) is 4.12. The number of hydrogen-bond acceptors (Lipinski definition) is 3. The summed E-state index contributed by atoms with van der Waals surface area (Å²) in [4.78, 5) is 12.2. The highest BCUT2D eigenvalue weighted by atomic mass is 35.5. The van der Waals surface area contributed by atoms with Crippen LogP contribution >= 0.6 is 23.2 Å². The second kappa shape index (κ2) is 6.70. The SMILES string of the molecule is COc1cc(Cl)c(NC(=O)c2ccccc2Cl)cc1OC. The van der Waals surface area contributed by atoms with Gasteiger partial charge in [0.05, 0.1) is 35.5 Å². The number of anilines is 1. The molecule has 0 aliphatic rings. The van der Waals surface area contributed by atoms with Gasteiger partial charge in [-0.1, -0.05) is 35.3 Å². The van der Waals surface area contributed by atoms with Crippen molar-refractivity contribution in [3.05, 3.63) is 52.0 Å². The Balaban J connectivity index is 2.31. The molecule has 1 amide bonds. The molecule has 2 rings (SSSR count). The number of carbonyl (C=O) groups excluding carboxylic acids is 1. The largest absolute Gasteiger partial charge is 0.493 e. The van der Waals surface area contributed by atoms with E-state index in [1.54, 1.807) is 36.4 Å². The molecule has 2 aromatic carbocycles. The molecule has 0 radical (unpaired) electrons. The van der Waals surface area contributed by atoms with Crippen LogP contribution in [-0.2, 0) is 0 Å². The van der Waals surface area contributed by atoms with Crippen molar-refractivity contribution in [2.75, 3.05) is 19.5 Å². The van der Waals surface area contributed by atoms with Crippen molar-refractivity contribution in [1.29, 1.82) is 0 Å². The van der Waals surface area contributed by atoms with Crippen LogP contribution in [0.5, 0.6) is 11.5 Å². The smallest absolute Gasteiger partial charge is 0.257 e. The Morgan fingerprint density at radius 2 is 1.62 bits per heavy atom. The zero-order valence-corrected chi connectivity index (χ0v) is 13.0. The Morgan fingerprint density at radius 3 is 2.24 bits per heavy atom. The summed E-state index contributed by atoms with van der Waals surface area (Å²) in [6, 6.07) is 9.93. The highest BCUT2D eigenvalue weighted by Gasteiger charge is 2.14. The summed E-state index contributed by atoms with van der Waals surface area (Å²) in [6.45, 7) is 0. The monoisotopic (exact) mass is 325 g/mol. The summed E-state index contributed by atoms with van der Waals surface area (Å²) in [6.07, 6.45) is 0. The minimum absolute atomic E-state index is 0.341. The van der Waals surface area contributed by atoms with E-state index in [-0.39, 0.29) is 5.91 Å². The maximum atomic E-state index is 12.2. The fourth-order valence-electron chi connectivity index (χ4n) is 1.78. The van der Waals surface area contributed by atoms with E-state index < -0.39 is 0 Å². The lowest BCUT2D eigenvalue weighted by Crippen LogP contribution is -2.13. The predicted octanol–water partition coefficient (Wildman–Crippen LogP) is 4.26. The van der Waals surface area contributed by atoms with Gasteiger partial charge in [0, 0.05) is 12.1 Å². The summed E-state index contributed by atoms with van der Waals surface area (Å²) in [5, 5.41) is 3.41. The molecule has 0 heterocycles. The van der Waals surface area contributed by atoms with Crippen LogP contribution in [0.4, 0.5) is 5.69 Å². The van der Waals surface area contributed by atoms with Crippen LogP contribution in [0.25, 0.3) is 0 Å². The average Bonchev–Trinajstić information content (AvgIpc) is 2.49. The van der Waals surface area contributed by atoms with Gasteiger partial charge in [-0.2, -0.15) is 0 Å². The van der Waals surface area contributed by atoms with Gasteiger partial charge < -0.3 is 14.8 Å². The zero-order valence-electron chi connectivity index (χ0n) is 11.4. The van der Waals surface area contributed by atoms with Crippen LogP contribution < -0.4 is 14.8 Å². The third kappa shape index (κ3) is 3.40. The first kappa shape index (κ1) is 15.5. The predicted molar refractivity (Wildman–Crippen MR) is 84.0 cm³/mol. The molecule has 110 valence electrons. The number of ether oxygens (including phenoxy) is 2. The summed E-state index contributed by atoms with van der Waals surface area (Å²) in [5.41, 5.74) is 0.782. The van der Waals surface area contributed by atoms with Gasteiger partial charge in [-0.25, -0.2) is 0 Å². The van der Waals surface area contributed by atoms with E-state index in [4.69, 9.17) is 32.7 Å². The van der Waals surface area contributed by atoms with Gasteiger partial charge in [0.1, 0.15) is 0 Å². The number of hydrogen-bond donors (Lipinski definition) is 1. The quantitative estimate of drug-likeness (QED) is 0.913. The first-order chi connectivity index (χ1) is 10.1. The Morgan fingerprint density at radius 1 is 1.00 bits per heavy atom. The molecule has 4 nitrogen and oxygen atoms in total. The van der Waals surface area contributed by atoms with Crippen molar-refractivity contribution in [1.82, 2.24) is 0 Å². The topological polar surface area (TPSA) is 47.6 Å². The lowest BCUT2D eigenvalue weighted by molar-refractivity contribution is 0.102. The van der Waals surface area contributed by atoms with Crippen molar-refractivity contribution < 1.29 is 14.3 Å². The van der Waals surface area contributed by atoms with Gasteiger partial charge in [-0.05, 0) is 12.1 Å². The van der Waals surface area contributed by atoms with E-state index in [0.29, 0.717) is 32.8 Å². The lowest BCUT2D eigenvalue weighted by Gasteiger charge is -2.13. The molecule has 0 atom stereocenters. The average molecular weight is 326 g/mol. The van der Waals surface area contributed by atoms with Crippen LogP contribution in [0.1, 0.15) is 10.4 Å².